The van der Waals surface area contributed by atoms with Gasteiger partial charge in [-0.3, -0.25) is 4.79 Å². The van der Waals surface area contributed by atoms with Crippen molar-refractivity contribution in [2.75, 3.05) is 0 Å². The van der Waals surface area contributed by atoms with Crippen molar-refractivity contribution in [2.24, 2.45) is 16.5 Å². The van der Waals surface area contributed by atoms with E-state index in [1.54, 1.807) is 6.07 Å². The lowest BCUT2D eigenvalue weighted by molar-refractivity contribution is 0.0999. The Morgan fingerprint density at radius 3 is 2.47 bits per heavy atom. The molecular formula is C8H9N3O3S. The summed E-state index contributed by atoms with van der Waals surface area (Å²) in [5.41, 5.74) is 10.1. The summed E-state index contributed by atoms with van der Waals surface area (Å²) in [6, 6.07) is 5.81. The molecule has 0 aliphatic carbocycles. The highest BCUT2D eigenvalue weighted by Gasteiger charge is 2.13. The first-order valence-electron chi connectivity index (χ1n) is 3.86. The summed E-state index contributed by atoms with van der Waals surface area (Å²) in [7, 11) is 0. The highest BCUT2D eigenvalue weighted by Crippen LogP contribution is 2.13. The fourth-order valence-corrected chi connectivity index (χ4v) is 1.51. The molecule has 6 nitrogen and oxygen atoms in total. The van der Waals surface area contributed by atoms with Crippen LogP contribution in [0.3, 0.4) is 0 Å². The third kappa shape index (κ3) is 2.86. The van der Waals surface area contributed by atoms with Crippen LogP contribution in [0.15, 0.2) is 34.2 Å². The molecule has 0 aliphatic heterocycles. The Kier molecular flexibility index (Phi) is 3.53. The molecule has 80 valence electrons. The molecule has 0 bridgehead atoms. The summed E-state index contributed by atoms with van der Waals surface area (Å²) in [5.74, 6) is -1.13. The van der Waals surface area contributed by atoms with Gasteiger partial charge in [-0.05, 0) is 12.1 Å². The van der Waals surface area contributed by atoms with Gasteiger partial charge in [0.05, 0.1) is 10.5 Å². The summed E-state index contributed by atoms with van der Waals surface area (Å²) >= 11 is -2.25. The van der Waals surface area contributed by atoms with E-state index in [1.807, 2.05) is 0 Å². The normalized spacial score (nSPS) is 11.8. The zero-order valence-electron chi connectivity index (χ0n) is 7.58. The maximum absolute atomic E-state index is 11.4. The van der Waals surface area contributed by atoms with Crippen molar-refractivity contribution in [3.63, 3.8) is 0 Å². The molecule has 0 saturated carbocycles. The Morgan fingerprint density at radius 1 is 1.33 bits per heavy atom. The van der Waals surface area contributed by atoms with Gasteiger partial charge in [-0.25, -0.2) is 4.21 Å². The average Bonchev–Trinajstić information content (AvgIpc) is 2.16. The Balaban J connectivity index is 3.20. The molecule has 0 spiro atoms. The number of amides is 1. The molecule has 5 N–H and O–H groups in total. The summed E-state index contributed by atoms with van der Waals surface area (Å²) < 4.78 is 19.8. The van der Waals surface area contributed by atoms with Crippen molar-refractivity contribution in [1.82, 2.24) is 0 Å². The quantitative estimate of drug-likeness (QED) is 0.363. The molecule has 0 saturated heterocycles. The number of hydrogen-bond acceptors (Lipinski definition) is 2. The minimum atomic E-state index is -2.25. The van der Waals surface area contributed by atoms with Crippen molar-refractivity contribution in [2.45, 2.75) is 4.90 Å². The smallest absolute Gasteiger partial charge is 0.281 e. The molecule has 0 fully saturated rings. The van der Waals surface area contributed by atoms with E-state index in [0.717, 1.165) is 0 Å². The summed E-state index contributed by atoms with van der Waals surface area (Å²) in [6.07, 6.45) is 0. The van der Waals surface area contributed by atoms with Gasteiger partial charge in [-0.15, -0.1) is 0 Å². The van der Waals surface area contributed by atoms with Crippen LogP contribution >= 0.6 is 0 Å². The minimum absolute atomic E-state index is 0.00623. The molecule has 15 heavy (non-hydrogen) atoms. The summed E-state index contributed by atoms with van der Waals surface area (Å²) in [6.45, 7) is 0. The average molecular weight is 227 g/mol. The number of carbonyl (C=O) groups excluding carboxylic acids is 1. The molecule has 0 aromatic heterocycles. The zero-order chi connectivity index (χ0) is 11.4. The maximum Gasteiger partial charge on any atom is 0.281 e. The number of nitrogens with two attached hydrogens (primary N) is 2. The number of rotatable bonds is 2. The number of nitrogens with zero attached hydrogens (tertiary/aromatic N) is 1. The Hall–Kier alpha value is -1.73. The monoisotopic (exact) mass is 227 g/mol. The first kappa shape index (κ1) is 11.3. The van der Waals surface area contributed by atoms with E-state index in [9.17, 15) is 9.00 Å². The second kappa shape index (κ2) is 4.67. The topological polar surface area (TPSA) is 119 Å². The van der Waals surface area contributed by atoms with Gasteiger partial charge >= 0.3 is 0 Å². The lowest BCUT2D eigenvalue weighted by atomic mass is 10.2. The summed E-state index contributed by atoms with van der Waals surface area (Å²) in [5, 5.41) is 0. The molecule has 1 aromatic carbocycles. The Morgan fingerprint density at radius 2 is 1.93 bits per heavy atom. The first-order chi connectivity index (χ1) is 7.02. The van der Waals surface area contributed by atoms with E-state index in [-0.39, 0.29) is 10.5 Å². The van der Waals surface area contributed by atoms with Gasteiger partial charge < -0.3 is 16.0 Å². The third-order valence-electron chi connectivity index (χ3n) is 1.54. The molecule has 1 aromatic rings. The van der Waals surface area contributed by atoms with Gasteiger partial charge in [0.25, 0.3) is 5.91 Å². The first-order valence-corrected chi connectivity index (χ1v) is 4.97. The van der Waals surface area contributed by atoms with E-state index in [1.165, 1.54) is 18.2 Å². The molecule has 0 heterocycles. The van der Waals surface area contributed by atoms with Crippen LogP contribution in [0.2, 0.25) is 0 Å². The molecule has 1 unspecified atom stereocenters. The standard InChI is InChI=1S/C8H9N3O3S/c9-8(10)11-7(12)5-3-1-2-4-6(5)15(13)14/h1-4H,(H,13,14)(H4,9,10,11,12). The van der Waals surface area contributed by atoms with E-state index >= 15 is 0 Å². The maximum atomic E-state index is 11.4. The van der Waals surface area contributed by atoms with Gasteiger partial charge in [0.2, 0.25) is 0 Å². The lowest BCUT2D eigenvalue weighted by Gasteiger charge is -2.01. The second-order valence-electron chi connectivity index (χ2n) is 2.59. The van der Waals surface area contributed by atoms with Crippen LogP contribution in [0.5, 0.6) is 0 Å². The zero-order valence-corrected chi connectivity index (χ0v) is 8.40. The highest BCUT2D eigenvalue weighted by atomic mass is 32.2. The number of aliphatic imine (C=N–C) groups is 1. The number of hydrogen-bond donors (Lipinski definition) is 3. The molecule has 1 rings (SSSR count). The van der Waals surface area contributed by atoms with Crippen molar-refractivity contribution in [1.29, 1.82) is 0 Å². The molecule has 0 radical (unpaired) electrons. The Labute approximate surface area is 88.3 Å². The molecule has 7 heteroatoms. The van der Waals surface area contributed by atoms with Gasteiger partial charge in [-0.1, -0.05) is 12.1 Å². The lowest BCUT2D eigenvalue weighted by Crippen LogP contribution is -2.24. The van der Waals surface area contributed by atoms with Crippen LogP contribution in [0.4, 0.5) is 0 Å². The molecule has 0 aliphatic rings. The van der Waals surface area contributed by atoms with Crippen molar-refractivity contribution < 1.29 is 13.6 Å². The van der Waals surface area contributed by atoms with E-state index < -0.39 is 22.9 Å². The van der Waals surface area contributed by atoms with Gasteiger partial charge in [0.15, 0.2) is 17.0 Å². The van der Waals surface area contributed by atoms with E-state index in [2.05, 4.69) is 4.99 Å². The van der Waals surface area contributed by atoms with E-state index in [4.69, 9.17) is 16.0 Å². The number of benzene rings is 1. The number of guanidine groups is 1. The van der Waals surface area contributed by atoms with Gasteiger partial charge in [0.1, 0.15) is 0 Å². The van der Waals surface area contributed by atoms with Gasteiger partial charge in [0, 0.05) is 0 Å². The number of carbonyl (C=O) groups is 1. The van der Waals surface area contributed by atoms with Crippen LogP contribution in [-0.4, -0.2) is 20.6 Å². The molecule has 1 amide bonds. The second-order valence-corrected chi connectivity index (χ2v) is 3.53. The Bertz CT molecular complexity index is 441. The molecule has 1 atom stereocenters. The highest BCUT2D eigenvalue weighted by molar-refractivity contribution is 7.79. The van der Waals surface area contributed by atoms with Crippen LogP contribution in [-0.2, 0) is 11.1 Å². The van der Waals surface area contributed by atoms with Crippen LogP contribution < -0.4 is 11.5 Å². The predicted octanol–water partition coefficient (Wildman–Crippen LogP) is -0.319. The third-order valence-corrected chi connectivity index (χ3v) is 2.27. The predicted molar refractivity (Wildman–Crippen MR) is 55.6 cm³/mol. The largest absolute Gasteiger partial charge is 0.370 e. The van der Waals surface area contributed by atoms with E-state index in [0.29, 0.717) is 0 Å². The van der Waals surface area contributed by atoms with Crippen molar-refractivity contribution in [3.05, 3.63) is 29.8 Å². The molecular weight excluding hydrogens is 218 g/mol. The fourth-order valence-electron chi connectivity index (χ4n) is 0.973. The van der Waals surface area contributed by atoms with Crippen molar-refractivity contribution >= 4 is 22.9 Å². The fraction of sp³-hybridized carbons (Fsp3) is 0. The SMILES string of the molecule is NC(N)=NC(=O)c1ccccc1S(=O)O. The van der Waals surface area contributed by atoms with Crippen LogP contribution in [0, 0.1) is 0 Å². The summed E-state index contributed by atoms with van der Waals surface area (Å²) in [4.78, 5) is 14.6. The van der Waals surface area contributed by atoms with Crippen molar-refractivity contribution in [3.8, 4) is 0 Å². The van der Waals surface area contributed by atoms with Gasteiger partial charge in [-0.2, -0.15) is 4.99 Å². The van der Waals surface area contributed by atoms with Crippen LogP contribution in [0.1, 0.15) is 10.4 Å². The van der Waals surface area contributed by atoms with Crippen LogP contribution in [0.25, 0.3) is 0 Å². The minimum Gasteiger partial charge on any atom is -0.370 e.